The molecule has 1 saturated heterocycles. The first kappa shape index (κ1) is 16.3. The highest BCUT2D eigenvalue weighted by Gasteiger charge is 2.86. The molecule has 4 fully saturated rings. The van der Waals surface area contributed by atoms with E-state index in [2.05, 4.69) is 11.3 Å². The van der Waals surface area contributed by atoms with Crippen molar-refractivity contribution in [3.05, 3.63) is 12.2 Å². The molecule has 6 nitrogen and oxygen atoms in total. The van der Waals surface area contributed by atoms with Crippen LogP contribution in [0.4, 0.5) is 13.2 Å². The van der Waals surface area contributed by atoms with Crippen LogP contribution in [0.25, 0.3) is 0 Å². The Balaban J connectivity index is 1.42. The number of rotatable bonds is 4. The molecule has 1 aliphatic heterocycles. The van der Waals surface area contributed by atoms with Gasteiger partial charge in [0.1, 0.15) is 11.7 Å². The lowest BCUT2D eigenvalue weighted by molar-refractivity contribution is -0.242. The Hall–Kier alpha value is -1.13. The van der Waals surface area contributed by atoms with Gasteiger partial charge in [0, 0.05) is 11.3 Å². The highest BCUT2D eigenvalue weighted by Crippen LogP contribution is 2.80. The normalized spacial score (nSPS) is 44.9. The number of alkyl halides is 3. The average molecular weight is 368 g/mol. The quantitative estimate of drug-likeness (QED) is 0.324. The predicted molar refractivity (Wildman–Crippen MR) is 71.8 cm³/mol. The maximum Gasteiger partial charge on any atom is 0.422 e. The summed E-state index contributed by atoms with van der Waals surface area (Å²) in [5, 5.41) is -0.510. The highest BCUT2D eigenvalue weighted by molar-refractivity contribution is 7.87. The van der Waals surface area contributed by atoms with E-state index in [9.17, 15) is 26.4 Å². The number of hydrogen-bond donors (Lipinski definition) is 0. The van der Waals surface area contributed by atoms with Gasteiger partial charge in [-0.25, -0.2) is 4.79 Å². The number of halogens is 3. The summed E-state index contributed by atoms with van der Waals surface area (Å²) in [5.74, 6) is -1.51. The maximum atomic E-state index is 12.4. The van der Waals surface area contributed by atoms with Crippen LogP contribution in [0, 0.1) is 17.3 Å². The van der Waals surface area contributed by atoms with Crippen LogP contribution in [0.2, 0.25) is 0 Å². The van der Waals surface area contributed by atoms with Gasteiger partial charge in [-0.15, -0.1) is 0 Å². The molecule has 24 heavy (non-hydrogen) atoms. The molecule has 4 aliphatic rings. The lowest BCUT2D eigenvalue weighted by Gasteiger charge is -2.47. The van der Waals surface area contributed by atoms with Gasteiger partial charge in [-0.3, -0.25) is 4.18 Å². The summed E-state index contributed by atoms with van der Waals surface area (Å²) >= 11 is 0. The van der Waals surface area contributed by atoms with Crippen molar-refractivity contribution in [3.63, 3.8) is 0 Å². The van der Waals surface area contributed by atoms with Crippen LogP contribution in [-0.4, -0.2) is 44.3 Å². The number of ether oxygens (including phenoxy) is 2. The fraction of sp³-hybridized carbons (Fsp3) is 0.786. The van der Waals surface area contributed by atoms with Crippen molar-refractivity contribution >= 4 is 16.1 Å². The Morgan fingerprint density at radius 2 is 2.08 bits per heavy atom. The summed E-state index contributed by atoms with van der Waals surface area (Å²) < 4.78 is 76.4. The second-order valence-corrected chi connectivity index (χ2v) is 8.66. The monoisotopic (exact) mass is 368 g/mol. The van der Waals surface area contributed by atoms with Crippen molar-refractivity contribution in [2.24, 2.45) is 17.3 Å². The first-order valence-electron chi connectivity index (χ1n) is 7.53. The van der Waals surface area contributed by atoms with Crippen LogP contribution in [-0.2, 0) is 28.6 Å². The van der Waals surface area contributed by atoms with E-state index in [4.69, 9.17) is 8.92 Å². The molecule has 0 amide bonds. The molecule has 0 N–H and O–H groups in total. The lowest BCUT2D eigenvalue weighted by atomic mass is 9.65. The number of carbonyl (C=O) groups excluding carboxylic acids is 1. The zero-order valence-electron chi connectivity index (χ0n) is 12.6. The van der Waals surface area contributed by atoms with E-state index in [0.717, 1.165) is 6.42 Å². The van der Waals surface area contributed by atoms with Crippen molar-refractivity contribution in [1.29, 1.82) is 0 Å². The third kappa shape index (κ3) is 1.96. The molecule has 1 heterocycles. The Kier molecular flexibility index (Phi) is 3.08. The number of esters is 1. The molecule has 4 rings (SSSR count). The van der Waals surface area contributed by atoms with E-state index in [1.54, 1.807) is 0 Å². The summed E-state index contributed by atoms with van der Waals surface area (Å²) in [6.07, 6.45) is -6.02. The summed E-state index contributed by atoms with van der Waals surface area (Å²) in [7, 11) is -3.61. The number of hydrogen-bond acceptors (Lipinski definition) is 6. The molecule has 3 saturated carbocycles. The average Bonchev–Trinajstić information content (AvgIpc) is 3.02. The van der Waals surface area contributed by atoms with Gasteiger partial charge in [-0.05, 0) is 25.7 Å². The minimum Gasteiger partial charge on any atom is -0.432 e. The van der Waals surface area contributed by atoms with E-state index >= 15 is 0 Å². The Labute approximate surface area is 136 Å². The van der Waals surface area contributed by atoms with Gasteiger partial charge in [0.2, 0.25) is 6.29 Å². The van der Waals surface area contributed by atoms with Gasteiger partial charge in [0.05, 0.1) is 11.4 Å². The third-order valence-electron chi connectivity index (χ3n) is 5.74. The molecule has 10 heteroatoms. The summed E-state index contributed by atoms with van der Waals surface area (Å²) in [5.41, 5.74) is -1.91. The van der Waals surface area contributed by atoms with Crippen molar-refractivity contribution in [2.45, 2.75) is 49.7 Å². The van der Waals surface area contributed by atoms with Gasteiger partial charge in [-0.2, -0.15) is 21.6 Å². The van der Waals surface area contributed by atoms with Crippen molar-refractivity contribution in [2.75, 3.05) is 0 Å². The summed E-state index contributed by atoms with van der Waals surface area (Å²) in [6.45, 7) is 3.96. The lowest BCUT2D eigenvalue weighted by Crippen LogP contribution is -2.59. The van der Waals surface area contributed by atoms with Gasteiger partial charge in [-0.1, -0.05) is 6.58 Å². The molecular formula is C14H15F3O6S. The maximum absolute atomic E-state index is 12.4. The van der Waals surface area contributed by atoms with E-state index in [1.807, 2.05) is 0 Å². The summed E-state index contributed by atoms with van der Waals surface area (Å²) in [4.78, 5) is 11.4. The van der Waals surface area contributed by atoms with Crippen LogP contribution in [0.5, 0.6) is 0 Å². The third-order valence-corrected chi connectivity index (χ3v) is 7.45. The predicted octanol–water partition coefficient (Wildman–Crippen LogP) is 1.52. The van der Waals surface area contributed by atoms with E-state index in [1.165, 1.54) is 6.92 Å². The van der Waals surface area contributed by atoms with Crippen LogP contribution in [0.3, 0.4) is 0 Å². The first-order valence-corrected chi connectivity index (χ1v) is 9.00. The van der Waals surface area contributed by atoms with E-state index < -0.39 is 51.6 Å². The topological polar surface area (TPSA) is 78.9 Å². The Morgan fingerprint density at radius 3 is 2.71 bits per heavy atom. The minimum atomic E-state index is -4.88. The molecule has 7 unspecified atom stereocenters. The molecule has 0 aromatic rings. The van der Waals surface area contributed by atoms with E-state index in [-0.39, 0.29) is 17.3 Å². The second-order valence-electron chi connectivity index (χ2n) is 6.87. The molecule has 134 valence electrons. The highest BCUT2D eigenvalue weighted by atomic mass is 32.2. The van der Waals surface area contributed by atoms with Gasteiger partial charge < -0.3 is 9.47 Å². The molecule has 0 aromatic carbocycles. The fourth-order valence-corrected chi connectivity index (χ4v) is 6.60. The molecule has 0 radical (unpaired) electrons. The molecule has 1 spiro atoms. The Morgan fingerprint density at radius 1 is 1.42 bits per heavy atom. The minimum absolute atomic E-state index is 0.120. The SMILES string of the molecule is C=C(C(=O)OC(C)OC1C2OS(=O)(=O)C3CC4CC41C23)C(F)(F)F. The molecule has 3 aliphatic carbocycles. The smallest absolute Gasteiger partial charge is 0.422 e. The first-order chi connectivity index (χ1) is 11.0. The van der Waals surface area contributed by atoms with E-state index in [0.29, 0.717) is 6.42 Å². The van der Waals surface area contributed by atoms with Crippen molar-refractivity contribution in [3.8, 4) is 0 Å². The number of carbonyl (C=O) groups is 1. The van der Waals surface area contributed by atoms with Crippen molar-refractivity contribution < 1.29 is 40.0 Å². The molecule has 0 bridgehead atoms. The van der Waals surface area contributed by atoms with Gasteiger partial charge in [0.25, 0.3) is 10.1 Å². The molecular weight excluding hydrogens is 353 g/mol. The summed E-state index contributed by atoms with van der Waals surface area (Å²) in [6, 6.07) is 0. The van der Waals surface area contributed by atoms with Crippen LogP contribution in [0.15, 0.2) is 12.2 Å². The zero-order chi connectivity index (χ0) is 17.7. The van der Waals surface area contributed by atoms with Crippen LogP contribution in [0.1, 0.15) is 19.8 Å². The zero-order valence-corrected chi connectivity index (χ0v) is 13.4. The molecule has 7 atom stereocenters. The van der Waals surface area contributed by atoms with Gasteiger partial charge >= 0.3 is 12.1 Å². The fourth-order valence-electron chi connectivity index (χ4n) is 4.69. The largest absolute Gasteiger partial charge is 0.432 e. The Bertz CT molecular complexity index is 731. The van der Waals surface area contributed by atoms with Crippen LogP contribution >= 0.6 is 0 Å². The van der Waals surface area contributed by atoms with Gasteiger partial charge in [0.15, 0.2) is 0 Å². The molecule has 0 aromatic heterocycles. The van der Waals surface area contributed by atoms with Crippen LogP contribution < -0.4 is 0 Å². The standard InChI is InChI=1S/C14H15F3O6S/c1-5(14(15,16)17)12(18)22-6(2)21-11-10-9-8(24(19,20)23-10)3-7-4-13(7,9)11/h6-11H,1,3-4H2,2H3. The second kappa shape index (κ2) is 4.53. The van der Waals surface area contributed by atoms with Crippen molar-refractivity contribution in [1.82, 2.24) is 0 Å².